The summed E-state index contributed by atoms with van der Waals surface area (Å²) in [6, 6.07) is 13.7. The van der Waals surface area contributed by atoms with Gasteiger partial charge in [-0.2, -0.15) is 0 Å². The highest BCUT2D eigenvalue weighted by atomic mass is 16.5. The summed E-state index contributed by atoms with van der Waals surface area (Å²) in [4.78, 5) is 24.1. The first-order valence-corrected chi connectivity index (χ1v) is 10.2. The number of nitrogens with zero attached hydrogens (tertiary/aromatic N) is 3. The van der Waals surface area contributed by atoms with Crippen LogP contribution in [0.4, 0.5) is 11.5 Å². The summed E-state index contributed by atoms with van der Waals surface area (Å²) in [7, 11) is 1.59. The average Bonchev–Trinajstić information content (AvgIpc) is 3.52. The zero-order chi connectivity index (χ0) is 20.7. The largest absolute Gasteiger partial charge is 0.493 e. The van der Waals surface area contributed by atoms with E-state index < -0.39 is 0 Å². The third kappa shape index (κ3) is 3.38. The maximum atomic E-state index is 13.3. The number of carbonyl (C=O) groups is 1. The Balaban J connectivity index is 1.60. The van der Waals surface area contributed by atoms with Crippen LogP contribution in [0, 0.1) is 12.8 Å². The van der Waals surface area contributed by atoms with Crippen molar-refractivity contribution in [2.24, 2.45) is 5.92 Å². The minimum Gasteiger partial charge on any atom is -0.493 e. The Labute approximate surface area is 175 Å². The summed E-state index contributed by atoms with van der Waals surface area (Å²) in [6.07, 6.45) is 4.46. The SMILES string of the molecule is COc1cc(-c2nc(N(C(=O)C3CC3)c3ccc4c(c3)OCC4)ccc2C)ccn1. The number of hydrogen-bond donors (Lipinski definition) is 0. The van der Waals surface area contributed by atoms with Gasteiger partial charge in [-0.15, -0.1) is 0 Å². The summed E-state index contributed by atoms with van der Waals surface area (Å²) < 4.78 is 11.0. The predicted octanol–water partition coefficient (Wildman–Crippen LogP) is 4.47. The molecule has 1 amide bonds. The molecule has 6 nitrogen and oxygen atoms in total. The van der Waals surface area contributed by atoms with Crippen molar-refractivity contribution in [1.82, 2.24) is 9.97 Å². The van der Waals surface area contributed by atoms with Gasteiger partial charge in [0.15, 0.2) is 0 Å². The molecule has 6 heteroatoms. The molecule has 1 saturated carbocycles. The van der Waals surface area contributed by atoms with Crippen LogP contribution in [0.3, 0.4) is 0 Å². The molecule has 152 valence electrons. The lowest BCUT2D eigenvalue weighted by Gasteiger charge is -2.23. The van der Waals surface area contributed by atoms with Gasteiger partial charge in [0.2, 0.25) is 11.8 Å². The van der Waals surface area contributed by atoms with E-state index in [0.29, 0.717) is 18.3 Å². The van der Waals surface area contributed by atoms with Crippen LogP contribution in [0.15, 0.2) is 48.7 Å². The monoisotopic (exact) mass is 401 g/mol. The molecule has 3 heterocycles. The van der Waals surface area contributed by atoms with Crippen LogP contribution >= 0.6 is 0 Å². The molecule has 0 bridgehead atoms. The minimum atomic E-state index is 0.0618. The Kier molecular flexibility index (Phi) is 4.62. The maximum Gasteiger partial charge on any atom is 0.235 e. The third-order valence-corrected chi connectivity index (χ3v) is 5.61. The lowest BCUT2D eigenvalue weighted by Crippen LogP contribution is -2.28. The van der Waals surface area contributed by atoms with Crippen molar-refractivity contribution < 1.29 is 14.3 Å². The second-order valence-corrected chi connectivity index (χ2v) is 7.76. The van der Waals surface area contributed by atoms with Crippen molar-refractivity contribution in [2.45, 2.75) is 26.2 Å². The fourth-order valence-electron chi connectivity index (χ4n) is 3.78. The average molecular weight is 401 g/mol. The molecule has 0 radical (unpaired) electrons. The van der Waals surface area contributed by atoms with Crippen molar-refractivity contribution in [2.75, 3.05) is 18.6 Å². The van der Waals surface area contributed by atoms with E-state index in [0.717, 1.165) is 47.5 Å². The molecule has 1 aliphatic carbocycles. The Morgan fingerprint density at radius 2 is 2.03 bits per heavy atom. The maximum absolute atomic E-state index is 13.3. The minimum absolute atomic E-state index is 0.0618. The van der Waals surface area contributed by atoms with Crippen molar-refractivity contribution in [3.8, 4) is 22.9 Å². The Hall–Kier alpha value is -3.41. The van der Waals surface area contributed by atoms with Gasteiger partial charge in [0.05, 0.1) is 25.1 Å². The van der Waals surface area contributed by atoms with Crippen LogP contribution in [-0.2, 0) is 11.2 Å². The summed E-state index contributed by atoms with van der Waals surface area (Å²) in [6.45, 7) is 2.70. The van der Waals surface area contributed by atoms with E-state index in [1.165, 1.54) is 5.56 Å². The molecule has 1 aliphatic heterocycles. The lowest BCUT2D eigenvalue weighted by molar-refractivity contribution is -0.119. The number of carbonyl (C=O) groups excluding carboxylic acids is 1. The summed E-state index contributed by atoms with van der Waals surface area (Å²) in [5, 5.41) is 0. The number of ether oxygens (including phenoxy) is 2. The first-order valence-electron chi connectivity index (χ1n) is 10.2. The van der Waals surface area contributed by atoms with E-state index in [1.807, 2.05) is 49.4 Å². The fourth-order valence-corrected chi connectivity index (χ4v) is 3.78. The molecule has 0 atom stereocenters. The number of anilines is 2. The van der Waals surface area contributed by atoms with Crippen LogP contribution < -0.4 is 14.4 Å². The molecule has 1 fully saturated rings. The molecule has 2 aromatic heterocycles. The molecule has 5 rings (SSSR count). The number of benzene rings is 1. The van der Waals surface area contributed by atoms with E-state index in [4.69, 9.17) is 14.5 Å². The van der Waals surface area contributed by atoms with Gasteiger partial charge >= 0.3 is 0 Å². The highest BCUT2D eigenvalue weighted by Crippen LogP contribution is 2.39. The van der Waals surface area contributed by atoms with Gasteiger partial charge < -0.3 is 9.47 Å². The number of rotatable bonds is 5. The van der Waals surface area contributed by atoms with Gasteiger partial charge in [0, 0.05) is 36.2 Å². The smallest absolute Gasteiger partial charge is 0.235 e. The molecule has 2 aliphatic rings. The van der Waals surface area contributed by atoms with Gasteiger partial charge in [-0.1, -0.05) is 12.1 Å². The van der Waals surface area contributed by atoms with Crippen LogP contribution in [0.25, 0.3) is 11.3 Å². The van der Waals surface area contributed by atoms with Crippen molar-refractivity contribution >= 4 is 17.4 Å². The molecular weight excluding hydrogens is 378 g/mol. The third-order valence-electron chi connectivity index (χ3n) is 5.61. The molecule has 1 aromatic carbocycles. The topological polar surface area (TPSA) is 64.5 Å². The van der Waals surface area contributed by atoms with E-state index >= 15 is 0 Å². The number of methoxy groups -OCH3 is 1. The zero-order valence-electron chi connectivity index (χ0n) is 17.1. The van der Waals surface area contributed by atoms with Crippen LogP contribution in [0.2, 0.25) is 0 Å². The number of pyridine rings is 2. The summed E-state index contributed by atoms with van der Waals surface area (Å²) in [5.41, 5.74) is 4.70. The van der Waals surface area contributed by atoms with Gasteiger partial charge in [-0.05, 0) is 49.1 Å². The first-order chi connectivity index (χ1) is 14.6. The number of aromatic nitrogens is 2. The lowest BCUT2D eigenvalue weighted by atomic mass is 10.1. The molecule has 0 unspecified atom stereocenters. The van der Waals surface area contributed by atoms with E-state index in [-0.39, 0.29) is 11.8 Å². The molecule has 3 aromatic rings. The number of hydrogen-bond acceptors (Lipinski definition) is 5. The fraction of sp³-hybridized carbons (Fsp3) is 0.292. The number of fused-ring (bicyclic) bond motifs is 1. The number of aryl methyl sites for hydroxylation is 1. The summed E-state index contributed by atoms with van der Waals surface area (Å²) in [5.74, 6) is 2.14. The van der Waals surface area contributed by atoms with Gasteiger partial charge in [-0.3, -0.25) is 9.69 Å². The summed E-state index contributed by atoms with van der Waals surface area (Å²) >= 11 is 0. The molecule has 0 spiro atoms. The van der Waals surface area contributed by atoms with E-state index in [9.17, 15) is 4.79 Å². The predicted molar refractivity (Wildman–Crippen MR) is 114 cm³/mol. The van der Waals surface area contributed by atoms with Gasteiger partial charge in [0.25, 0.3) is 0 Å². The van der Waals surface area contributed by atoms with Crippen molar-refractivity contribution in [3.63, 3.8) is 0 Å². The second kappa shape index (κ2) is 7.44. The van der Waals surface area contributed by atoms with Crippen LogP contribution in [0.5, 0.6) is 11.6 Å². The second-order valence-electron chi connectivity index (χ2n) is 7.76. The van der Waals surface area contributed by atoms with Gasteiger partial charge in [0.1, 0.15) is 11.6 Å². The first kappa shape index (κ1) is 18.6. The van der Waals surface area contributed by atoms with Crippen LogP contribution in [-0.4, -0.2) is 29.6 Å². The zero-order valence-corrected chi connectivity index (χ0v) is 17.1. The molecular formula is C24H23N3O3. The normalized spacial score (nSPS) is 14.7. The number of amides is 1. The van der Waals surface area contributed by atoms with Crippen LogP contribution in [0.1, 0.15) is 24.0 Å². The van der Waals surface area contributed by atoms with Crippen molar-refractivity contribution in [1.29, 1.82) is 0 Å². The molecule has 30 heavy (non-hydrogen) atoms. The van der Waals surface area contributed by atoms with Gasteiger partial charge in [-0.25, -0.2) is 9.97 Å². The Morgan fingerprint density at radius 3 is 2.83 bits per heavy atom. The van der Waals surface area contributed by atoms with E-state index in [1.54, 1.807) is 18.2 Å². The molecule has 0 N–H and O–H groups in total. The van der Waals surface area contributed by atoms with Crippen molar-refractivity contribution in [3.05, 3.63) is 59.8 Å². The molecule has 0 saturated heterocycles. The standard InChI is InChI=1S/C24H23N3O3/c1-15-3-8-21(26-23(15)18-9-11-25-22(13-18)29-2)27(24(28)17-4-5-17)19-7-6-16-10-12-30-20(16)14-19/h3,6-9,11,13-14,17H,4-5,10,12H2,1-2H3. The quantitative estimate of drug-likeness (QED) is 0.631. The highest BCUT2D eigenvalue weighted by molar-refractivity contribution is 6.02. The Bertz CT molecular complexity index is 1120. The van der Waals surface area contributed by atoms with E-state index in [2.05, 4.69) is 4.98 Å². The Morgan fingerprint density at radius 1 is 1.17 bits per heavy atom. The highest BCUT2D eigenvalue weighted by Gasteiger charge is 2.36.